The van der Waals surface area contributed by atoms with Crippen molar-refractivity contribution in [2.45, 2.75) is 58.8 Å². The van der Waals surface area contributed by atoms with E-state index < -0.39 is 64.0 Å². The largest absolute Gasteiger partial charge is 0.514 e. The van der Waals surface area contributed by atoms with E-state index in [1.54, 1.807) is 41.5 Å². The van der Waals surface area contributed by atoms with E-state index in [0.717, 1.165) is 6.07 Å². The molecule has 1 saturated heterocycles. The van der Waals surface area contributed by atoms with Crippen molar-refractivity contribution in [1.29, 1.82) is 0 Å². The number of amides is 2. The number of carbonyl (C=O) groups is 3. The topological polar surface area (TPSA) is 108 Å². The summed E-state index contributed by atoms with van der Waals surface area (Å²) in [6.45, 7) is 10.3. The van der Waals surface area contributed by atoms with Crippen molar-refractivity contribution < 1.29 is 42.1 Å². The summed E-state index contributed by atoms with van der Waals surface area (Å²) in [5.74, 6) is -3.56. The Morgan fingerprint density at radius 3 is 2.38 bits per heavy atom. The number of piperazine rings is 1. The normalized spacial score (nSPS) is 17.3. The molecule has 0 bridgehead atoms. The maximum Gasteiger partial charge on any atom is 0.514 e. The van der Waals surface area contributed by atoms with Crippen LogP contribution in [0.3, 0.4) is 0 Å². The molecule has 1 aromatic heterocycles. The molecule has 1 aromatic carbocycles. The highest BCUT2D eigenvalue weighted by Gasteiger charge is 2.41. The standard InChI is InChI=1S/C27H30ClF2N3O7/c1-26(2,3)39-24(35)32-10-11-33-14(12-32)13-37-21-18(23(33)34)22(30)31-20(19(21)28)17-15(29)8-7-9-16(17)38-25(36)40-27(4,5)6/h7-9,14H,10-13H2,1-6H3. The molecular weight excluding hydrogens is 552 g/mol. The molecule has 2 amide bonds. The van der Waals surface area contributed by atoms with Crippen molar-refractivity contribution in [3.63, 3.8) is 0 Å². The molecule has 2 aliphatic rings. The van der Waals surface area contributed by atoms with Gasteiger partial charge in [0.25, 0.3) is 5.91 Å². The fraction of sp³-hybridized carbons (Fsp3) is 0.481. The summed E-state index contributed by atoms with van der Waals surface area (Å²) in [6.07, 6.45) is -1.67. The Morgan fingerprint density at radius 1 is 1.05 bits per heavy atom. The minimum atomic E-state index is -1.25. The molecule has 3 heterocycles. The van der Waals surface area contributed by atoms with Crippen LogP contribution >= 0.6 is 11.6 Å². The first-order valence-corrected chi connectivity index (χ1v) is 12.9. The van der Waals surface area contributed by atoms with Gasteiger partial charge in [0.1, 0.15) is 45.7 Å². The first-order chi connectivity index (χ1) is 18.6. The second-order valence-corrected chi connectivity index (χ2v) is 11.7. The lowest BCUT2D eigenvalue weighted by molar-refractivity contribution is 0.000873. The summed E-state index contributed by atoms with van der Waals surface area (Å²) in [4.78, 5) is 44.9. The Kier molecular flexibility index (Phi) is 7.85. The van der Waals surface area contributed by atoms with Gasteiger partial charge in [-0.15, -0.1) is 0 Å². The molecule has 2 aromatic rings. The van der Waals surface area contributed by atoms with E-state index in [1.165, 1.54) is 21.9 Å². The number of aromatic nitrogens is 1. The molecule has 1 fully saturated rings. The number of pyridine rings is 1. The highest BCUT2D eigenvalue weighted by molar-refractivity contribution is 6.35. The highest BCUT2D eigenvalue weighted by atomic mass is 35.5. The summed E-state index contributed by atoms with van der Waals surface area (Å²) in [5, 5.41) is -0.354. The zero-order valence-electron chi connectivity index (χ0n) is 23.0. The summed E-state index contributed by atoms with van der Waals surface area (Å²) >= 11 is 6.56. The van der Waals surface area contributed by atoms with Crippen LogP contribution in [-0.2, 0) is 9.47 Å². The van der Waals surface area contributed by atoms with Crippen LogP contribution in [0, 0.1) is 11.8 Å². The van der Waals surface area contributed by atoms with Crippen LogP contribution in [0.5, 0.6) is 11.5 Å². The average Bonchev–Trinajstić information content (AvgIpc) is 2.96. The van der Waals surface area contributed by atoms with Crippen LogP contribution in [0.1, 0.15) is 51.9 Å². The molecule has 0 saturated carbocycles. The summed E-state index contributed by atoms with van der Waals surface area (Å²) in [5.41, 5.74) is -2.98. The van der Waals surface area contributed by atoms with Gasteiger partial charge < -0.3 is 28.7 Å². The number of benzene rings is 1. The van der Waals surface area contributed by atoms with Crippen molar-refractivity contribution in [1.82, 2.24) is 14.8 Å². The van der Waals surface area contributed by atoms with Gasteiger partial charge in [-0.1, -0.05) is 17.7 Å². The Balaban J connectivity index is 1.68. The molecule has 40 heavy (non-hydrogen) atoms. The molecule has 0 spiro atoms. The Hall–Kier alpha value is -3.67. The molecular formula is C27H30ClF2N3O7. The van der Waals surface area contributed by atoms with Gasteiger partial charge in [0.15, 0.2) is 5.75 Å². The van der Waals surface area contributed by atoms with Gasteiger partial charge in [-0.25, -0.2) is 19.0 Å². The Morgan fingerprint density at radius 2 is 1.73 bits per heavy atom. The average molecular weight is 582 g/mol. The van der Waals surface area contributed by atoms with Crippen LogP contribution in [-0.4, -0.2) is 76.4 Å². The number of carbonyl (C=O) groups excluding carboxylic acids is 3. The van der Waals surface area contributed by atoms with Crippen molar-refractivity contribution in [3.05, 3.63) is 40.6 Å². The van der Waals surface area contributed by atoms with E-state index >= 15 is 8.78 Å². The van der Waals surface area contributed by atoms with E-state index in [1.807, 2.05) is 0 Å². The number of hydrogen-bond acceptors (Lipinski definition) is 8. The first kappa shape index (κ1) is 29.3. The number of halogens is 3. The lowest BCUT2D eigenvalue weighted by Crippen LogP contribution is -2.58. The second-order valence-electron chi connectivity index (χ2n) is 11.3. The first-order valence-electron chi connectivity index (χ1n) is 12.6. The molecule has 1 atom stereocenters. The van der Waals surface area contributed by atoms with Crippen LogP contribution < -0.4 is 9.47 Å². The smallest absolute Gasteiger partial charge is 0.489 e. The highest BCUT2D eigenvalue weighted by Crippen LogP contribution is 2.43. The summed E-state index contributed by atoms with van der Waals surface area (Å²) in [7, 11) is 0. The Bertz CT molecular complexity index is 1360. The van der Waals surface area contributed by atoms with E-state index in [0.29, 0.717) is 0 Å². The Labute approximate surface area is 235 Å². The quantitative estimate of drug-likeness (QED) is 0.262. The third kappa shape index (κ3) is 6.22. The molecule has 2 aliphatic heterocycles. The number of rotatable bonds is 2. The van der Waals surface area contributed by atoms with Gasteiger partial charge in [0, 0.05) is 19.6 Å². The van der Waals surface area contributed by atoms with E-state index in [2.05, 4.69) is 4.98 Å². The third-order valence-corrected chi connectivity index (χ3v) is 6.23. The van der Waals surface area contributed by atoms with Crippen molar-refractivity contribution in [2.24, 2.45) is 0 Å². The number of hydrogen-bond donors (Lipinski definition) is 0. The van der Waals surface area contributed by atoms with Crippen molar-refractivity contribution >= 4 is 29.8 Å². The zero-order valence-corrected chi connectivity index (χ0v) is 23.7. The van der Waals surface area contributed by atoms with Crippen molar-refractivity contribution in [2.75, 3.05) is 26.2 Å². The van der Waals surface area contributed by atoms with E-state index in [9.17, 15) is 14.4 Å². The predicted molar refractivity (Wildman–Crippen MR) is 140 cm³/mol. The maximum atomic E-state index is 15.5. The number of ether oxygens (including phenoxy) is 4. The molecule has 10 nitrogen and oxygen atoms in total. The van der Waals surface area contributed by atoms with Gasteiger partial charge in [-0.05, 0) is 53.7 Å². The number of nitrogens with zero attached hydrogens (tertiary/aromatic N) is 3. The molecule has 0 aliphatic carbocycles. The van der Waals surface area contributed by atoms with Gasteiger partial charge in [-0.3, -0.25) is 4.79 Å². The van der Waals surface area contributed by atoms with Gasteiger partial charge >= 0.3 is 12.2 Å². The predicted octanol–water partition coefficient (Wildman–Crippen LogP) is 5.45. The minimum absolute atomic E-state index is 0.0787. The lowest BCUT2D eigenvalue weighted by Gasteiger charge is -2.40. The third-order valence-electron chi connectivity index (χ3n) is 5.87. The van der Waals surface area contributed by atoms with Crippen LogP contribution in [0.2, 0.25) is 5.02 Å². The molecule has 13 heteroatoms. The van der Waals surface area contributed by atoms with Gasteiger partial charge in [-0.2, -0.15) is 4.39 Å². The van der Waals surface area contributed by atoms with E-state index in [-0.39, 0.29) is 42.8 Å². The fourth-order valence-corrected chi connectivity index (χ4v) is 4.55. The van der Waals surface area contributed by atoms with Crippen LogP contribution in [0.4, 0.5) is 18.4 Å². The van der Waals surface area contributed by atoms with Gasteiger partial charge in [0.05, 0.1) is 11.6 Å². The minimum Gasteiger partial charge on any atom is -0.489 e. The van der Waals surface area contributed by atoms with Crippen LogP contribution in [0.15, 0.2) is 18.2 Å². The molecule has 216 valence electrons. The summed E-state index contributed by atoms with van der Waals surface area (Å²) < 4.78 is 52.1. The second kappa shape index (κ2) is 10.7. The molecule has 0 N–H and O–H groups in total. The monoisotopic (exact) mass is 581 g/mol. The molecule has 4 rings (SSSR count). The lowest BCUT2D eigenvalue weighted by atomic mass is 10.1. The molecule has 0 radical (unpaired) electrons. The number of fused-ring (bicyclic) bond motifs is 2. The SMILES string of the molecule is CC(C)(C)OC(=O)Oc1cccc(F)c1-c1nc(F)c2c(c1Cl)OCC1CN(C(=O)OC(C)(C)C)CCN1C2=O. The zero-order chi connectivity index (χ0) is 29.6. The van der Waals surface area contributed by atoms with Crippen LogP contribution in [0.25, 0.3) is 11.3 Å². The molecule has 1 unspecified atom stereocenters. The van der Waals surface area contributed by atoms with Crippen molar-refractivity contribution in [3.8, 4) is 22.8 Å². The van der Waals surface area contributed by atoms with E-state index in [4.69, 9.17) is 30.5 Å². The fourth-order valence-electron chi connectivity index (χ4n) is 4.26. The maximum absolute atomic E-state index is 15.5. The van der Waals surface area contributed by atoms with Gasteiger partial charge in [0.2, 0.25) is 5.95 Å². The summed E-state index contributed by atoms with van der Waals surface area (Å²) in [6, 6.07) is 2.96.